The summed E-state index contributed by atoms with van der Waals surface area (Å²) in [4.78, 5) is 30.3. The summed E-state index contributed by atoms with van der Waals surface area (Å²) < 4.78 is 0. The summed E-state index contributed by atoms with van der Waals surface area (Å²) in [5.41, 5.74) is 13.4. The molecule has 0 bridgehead atoms. The number of thiazole rings is 1. The van der Waals surface area contributed by atoms with Gasteiger partial charge in [-0.3, -0.25) is 9.59 Å². The Morgan fingerprint density at radius 3 is 2.77 bits per heavy atom. The van der Waals surface area contributed by atoms with E-state index in [1.165, 1.54) is 16.2 Å². The van der Waals surface area contributed by atoms with Gasteiger partial charge in [-0.05, 0) is 18.9 Å². The molecular weight excluding hydrogens is 300 g/mol. The summed E-state index contributed by atoms with van der Waals surface area (Å²) in [5, 5.41) is 0.330. The molecule has 114 valence electrons. The Morgan fingerprint density at radius 2 is 2.18 bits per heavy atom. The van der Waals surface area contributed by atoms with Gasteiger partial charge in [-0.25, -0.2) is 4.98 Å². The highest BCUT2D eigenvalue weighted by Crippen LogP contribution is 2.34. The molecule has 0 aliphatic carbocycles. The number of carbonyl (C=O) groups excluding carboxylic acids is 2. The third-order valence-electron chi connectivity index (χ3n) is 3.74. The zero-order chi connectivity index (χ0) is 15.9. The molecule has 1 aromatic heterocycles. The Labute approximate surface area is 131 Å². The van der Waals surface area contributed by atoms with E-state index in [9.17, 15) is 9.59 Å². The van der Waals surface area contributed by atoms with Crippen molar-refractivity contribution in [3.05, 3.63) is 35.5 Å². The van der Waals surface area contributed by atoms with Crippen molar-refractivity contribution < 1.29 is 9.59 Å². The van der Waals surface area contributed by atoms with Crippen LogP contribution in [0, 0.1) is 6.92 Å². The minimum Gasteiger partial charge on any atom is -0.375 e. The molecule has 1 aliphatic heterocycles. The van der Waals surface area contributed by atoms with Gasteiger partial charge in [0.1, 0.15) is 11.7 Å². The highest BCUT2D eigenvalue weighted by molar-refractivity contribution is 7.19. The Balaban J connectivity index is 1.98. The fraction of sp³-hybridized carbons (Fsp3) is 0.267. The first-order valence-electron chi connectivity index (χ1n) is 6.91. The van der Waals surface area contributed by atoms with Crippen LogP contribution in [-0.2, 0) is 4.79 Å². The number of nitrogens with zero attached hydrogens (tertiary/aromatic N) is 2. The van der Waals surface area contributed by atoms with E-state index in [1.807, 2.05) is 31.2 Å². The summed E-state index contributed by atoms with van der Waals surface area (Å²) >= 11 is 1.27. The van der Waals surface area contributed by atoms with Crippen molar-refractivity contribution in [1.29, 1.82) is 0 Å². The number of nitrogen functional groups attached to an aromatic ring is 1. The SMILES string of the molecule is Cc1cccc(-c2sc(N)nc2C(=O)N2CCC2C(N)=O)c1. The van der Waals surface area contributed by atoms with Crippen LogP contribution in [0.3, 0.4) is 0 Å². The lowest BCUT2D eigenvalue weighted by atomic mass is 10.0. The van der Waals surface area contributed by atoms with Crippen molar-refractivity contribution in [2.24, 2.45) is 5.73 Å². The summed E-state index contributed by atoms with van der Waals surface area (Å²) in [6.45, 7) is 2.49. The van der Waals surface area contributed by atoms with Gasteiger partial charge in [0.15, 0.2) is 5.13 Å². The number of primary amides is 1. The Bertz CT molecular complexity index is 756. The summed E-state index contributed by atoms with van der Waals surface area (Å²) in [6.07, 6.45) is 0.598. The smallest absolute Gasteiger partial charge is 0.274 e. The number of likely N-dealkylation sites (tertiary alicyclic amines) is 1. The van der Waals surface area contributed by atoms with E-state index in [1.54, 1.807) is 0 Å². The number of rotatable bonds is 3. The molecule has 1 atom stereocenters. The van der Waals surface area contributed by atoms with Crippen LogP contribution in [0.15, 0.2) is 24.3 Å². The topological polar surface area (TPSA) is 102 Å². The standard InChI is InChI=1S/C15H16N4O2S/c1-8-3-2-4-9(7-8)12-11(18-15(17)22-12)14(21)19-6-5-10(19)13(16)20/h2-4,7,10H,5-6H2,1H3,(H2,16,20)(H2,17,18). The van der Waals surface area contributed by atoms with Crippen LogP contribution in [0.4, 0.5) is 5.13 Å². The minimum atomic E-state index is -0.541. The maximum atomic E-state index is 12.6. The molecule has 1 saturated heterocycles. The highest BCUT2D eigenvalue weighted by atomic mass is 32.1. The van der Waals surface area contributed by atoms with Gasteiger partial charge in [0.2, 0.25) is 5.91 Å². The summed E-state index contributed by atoms with van der Waals surface area (Å²) in [5.74, 6) is -0.778. The second-order valence-corrected chi connectivity index (χ2v) is 6.34. The first-order valence-corrected chi connectivity index (χ1v) is 7.72. The lowest BCUT2D eigenvalue weighted by molar-refractivity contribution is -0.125. The lowest BCUT2D eigenvalue weighted by Gasteiger charge is -2.38. The van der Waals surface area contributed by atoms with Gasteiger partial charge >= 0.3 is 0 Å². The number of aromatic nitrogens is 1. The molecule has 1 unspecified atom stereocenters. The fourth-order valence-electron chi connectivity index (χ4n) is 2.53. The van der Waals surface area contributed by atoms with E-state index in [0.717, 1.165) is 16.0 Å². The van der Waals surface area contributed by atoms with E-state index in [4.69, 9.17) is 11.5 Å². The van der Waals surface area contributed by atoms with Crippen LogP contribution in [0.1, 0.15) is 22.5 Å². The lowest BCUT2D eigenvalue weighted by Crippen LogP contribution is -2.57. The highest BCUT2D eigenvalue weighted by Gasteiger charge is 2.38. The van der Waals surface area contributed by atoms with Gasteiger partial charge in [-0.1, -0.05) is 41.2 Å². The Hall–Kier alpha value is -2.41. The van der Waals surface area contributed by atoms with E-state index < -0.39 is 11.9 Å². The molecule has 7 heteroatoms. The van der Waals surface area contributed by atoms with Crippen molar-refractivity contribution in [1.82, 2.24) is 9.88 Å². The molecule has 1 aromatic carbocycles. The molecule has 0 saturated carbocycles. The maximum absolute atomic E-state index is 12.6. The first-order chi connectivity index (χ1) is 10.5. The second kappa shape index (κ2) is 5.42. The third-order valence-corrected chi connectivity index (χ3v) is 4.67. The van der Waals surface area contributed by atoms with Crippen molar-refractivity contribution in [3.8, 4) is 10.4 Å². The van der Waals surface area contributed by atoms with Crippen LogP contribution in [0.25, 0.3) is 10.4 Å². The van der Waals surface area contributed by atoms with E-state index in [2.05, 4.69) is 4.98 Å². The Kier molecular flexibility index (Phi) is 3.58. The molecule has 6 nitrogen and oxygen atoms in total. The van der Waals surface area contributed by atoms with E-state index in [-0.39, 0.29) is 5.91 Å². The van der Waals surface area contributed by atoms with Crippen molar-refractivity contribution in [2.75, 3.05) is 12.3 Å². The van der Waals surface area contributed by atoms with Crippen molar-refractivity contribution >= 4 is 28.3 Å². The zero-order valence-corrected chi connectivity index (χ0v) is 12.9. The first kappa shape index (κ1) is 14.5. The second-order valence-electron chi connectivity index (χ2n) is 5.30. The predicted molar refractivity (Wildman–Crippen MR) is 85.3 cm³/mol. The average molecular weight is 316 g/mol. The monoisotopic (exact) mass is 316 g/mol. The molecule has 1 aliphatic rings. The van der Waals surface area contributed by atoms with Crippen molar-refractivity contribution in [3.63, 3.8) is 0 Å². The number of amides is 2. The van der Waals surface area contributed by atoms with Gasteiger partial charge in [-0.15, -0.1) is 0 Å². The number of aryl methyl sites for hydroxylation is 1. The van der Waals surface area contributed by atoms with Gasteiger partial charge in [-0.2, -0.15) is 0 Å². The molecule has 0 radical (unpaired) electrons. The predicted octanol–water partition coefficient (Wildman–Crippen LogP) is 1.40. The number of nitrogens with two attached hydrogens (primary N) is 2. The number of hydrogen-bond acceptors (Lipinski definition) is 5. The molecule has 2 heterocycles. The van der Waals surface area contributed by atoms with Gasteiger partial charge < -0.3 is 16.4 Å². The van der Waals surface area contributed by atoms with Gasteiger partial charge in [0, 0.05) is 6.54 Å². The molecule has 0 spiro atoms. The van der Waals surface area contributed by atoms with Crippen molar-refractivity contribution in [2.45, 2.75) is 19.4 Å². The summed E-state index contributed by atoms with van der Waals surface area (Å²) in [6, 6.07) is 7.25. The fourth-order valence-corrected chi connectivity index (χ4v) is 3.35. The molecule has 4 N–H and O–H groups in total. The van der Waals surface area contributed by atoms with Crippen LogP contribution in [0.5, 0.6) is 0 Å². The van der Waals surface area contributed by atoms with Crippen LogP contribution in [0.2, 0.25) is 0 Å². The quantitative estimate of drug-likeness (QED) is 0.893. The molecule has 22 heavy (non-hydrogen) atoms. The number of hydrogen-bond donors (Lipinski definition) is 2. The molecule has 2 amide bonds. The Morgan fingerprint density at radius 1 is 1.41 bits per heavy atom. The minimum absolute atomic E-state index is 0.291. The number of benzene rings is 1. The van der Waals surface area contributed by atoms with E-state index >= 15 is 0 Å². The van der Waals surface area contributed by atoms with Gasteiger partial charge in [0.25, 0.3) is 5.91 Å². The average Bonchev–Trinajstić information content (AvgIpc) is 2.79. The molecule has 1 fully saturated rings. The van der Waals surface area contributed by atoms with Crippen LogP contribution < -0.4 is 11.5 Å². The molecular formula is C15H16N4O2S. The number of anilines is 1. The maximum Gasteiger partial charge on any atom is 0.274 e. The normalized spacial score (nSPS) is 17.1. The third kappa shape index (κ3) is 2.43. The van der Waals surface area contributed by atoms with Gasteiger partial charge in [0.05, 0.1) is 4.88 Å². The van der Waals surface area contributed by atoms with E-state index in [0.29, 0.717) is 23.8 Å². The zero-order valence-electron chi connectivity index (χ0n) is 12.1. The molecule has 3 rings (SSSR count). The van der Waals surface area contributed by atoms with Crippen LogP contribution >= 0.6 is 11.3 Å². The number of carbonyl (C=O) groups is 2. The van der Waals surface area contributed by atoms with Crippen LogP contribution in [-0.4, -0.2) is 34.3 Å². The largest absolute Gasteiger partial charge is 0.375 e. The summed E-state index contributed by atoms with van der Waals surface area (Å²) in [7, 11) is 0. The molecule has 2 aromatic rings.